The van der Waals surface area contributed by atoms with Crippen LogP contribution in [0.4, 0.5) is 0 Å². The number of para-hydroxylation sites is 2. The molecule has 3 nitrogen and oxygen atoms in total. The zero-order valence-electron chi connectivity index (χ0n) is 34.3. The first-order valence-corrected chi connectivity index (χ1v) is 21.3. The fraction of sp³-hybridized carbons (Fsp3) is 0.0169. The van der Waals surface area contributed by atoms with Gasteiger partial charge in [0.1, 0.15) is 0 Å². The van der Waals surface area contributed by atoms with Gasteiger partial charge in [-0.1, -0.05) is 152 Å². The maximum Gasteiger partial charge on any atom is 0.0788 e. The zero-order chi connectivity index (χ0) is 41.3. The molecule has 12 rings (SSSR count). The summed E-state index contributed by atoms with van der Waals surface area (Å²) in [6.45, 7) is 6.42. The van der Waals surface area contributed by atoms with Crippen molar-refractivity contribution in [3.05, 3.63) is 224 Å². The molecule has 0 N–H and O–H groups in total. The molecule has 3 aromatic heterocycles. The molecule has 0 spiro atoms. The van der Waals surface area contributed by atoms with Crippen molar-refractivity contribution in [2.45, 2.75) is 6.92 Å². The lowest BCUT2D eigenvalue weighted by Gasteiger charge is -2.14. The first kappa shape index (κ1) is 35.8. The minimum Gasteiger partial charge on any atom is -0.309 e. The minimum absolute atomic E-state index is 1.11. The summed E-state index contributed by atoms with van der Waals surface area (Å²) >= 11 is 0. The Morgan fingerprint density at radius 1 is 0.371 bits per heavy atom. The Labute approximate surface area is 360 Å². The molecular weight excluding hydrogens is 751 g/mol. The lowest BCUT2D eigenvalue weighted by molar-refractivity contribution is 1.10. The maximum atomic E-state index is 4.33. The number of aromatic nitrogens is 3. The van der Waals surface area contributed by atoms with Crippen LogP contribution in [0.3, 0.4) is 0 Å². The van der Waals surface area contributed by atoms with Gasteiger partial charge in [0.25, 0.3) is 0 Å². The summed E-state index contributed by atoms with van der Waals surface area (Å²) in [5.41, 5.74) is 16.3. The Morgan fingerprint density at radius 3 is 1.66 bits per heavy atom. The van der Waals surface area contributed by atoms with E-state index >= 15 is 0 Å². The Morgan fingerprint density at radius 2 is 0.919 bits per heavy atom. The van der Waals surface area contributed by atoms with Crippen molar-refractivity contribution in [1.29, 1.82) is 0 Å². The van der Waals surface area contributed by atoms with Crippen molar-refractivity contribution in [1.82, 2.24) is 13.7 Å². The second-order valence-electron chi connectivity index (χ2n) is 16.1. The second kappa shape index (κ2) is 14.3. The average molecular weight is 792 g/mol. The van der Waals surface area contributed by atoms with Crippen LogP contribution in [-0.2, 0) is 0 Å². The lowest BCUT2D eigenvalue weighted by Crippen LogP contribution is -2.00. The van der Waals surface area contributed by atoms with Crippen LogP contribution in [-0.4, -0.2) is 13.7 Å². The average Bonchev–Trinajstić information content (AvgIpc) is 3.97. The third-order valence-corrected chi connectivity index (χ3v) is 12.7. The molecule has 0 saturated carbocycles. The molecule has 62 heavy (non-hydrogen) atoms. The van der Waals surface area contributed by atoms with E-state index in [1.165, 1.54) is 76.5 Å². The van der Waals surface area contributed by atoms with E-state index in [-0.39, 0.29) is 0 Å². The van der Waals surface area contributed by atoms with Crippen molar-refractivity contribution in [2.24, 2.45) is 0 Å². The second-order valence-corrected chi connectivity index (χ2v) is 16.1. The highest BCUT2D eigenvalue weighted by Crippen LogP contribution is 2.43. The topological polar surface area (TPSA) is 14.8 Å². The number of hydrogen-bond donors (Lipinski definition) is 0. The van der Waals surface area contributed by atoms with Gasteiger partial charge in [-0.3, -0.25) is 0 Å². The Balaban J connectivity index is 1.11. The van der Waals surface area contributed by atoms with Gasteiger partial charge in [0, 0.05) is 49.6 Å². The van der Waals surface area contributed by atoms with Gasteiger partial charge in [-0.2, -0.15) is 0 Å². The predicted octanol–water partition coefficient (Wildman–Crippen LogP) is 16.0. The monoisotopic (exact) mass is 791 g/mol. The van der Waals surface area contributed by atoms with Crippen LogP contribution in [0.5, 0.6) is 0 Å². The smallest absolute Gasteiger partial charge is 0.0788 e. The predicted molar refractivity (Wildman–Crippen MR) is 265 cm³/mol. The van der Waals surface area contributed by atoms with Crippen molar-refractivity contribution in [3.8, 4) is 39.3 Å². The van der Waals surface area contributed by atoms with E-state index in [2.05, 4.69) is 240 Å². The van der Waals surface area contributed by atoms with Crippen LogP contribution in [0.15, 0.2) is 213 Å². The fourth-order valence-electron chi connectivity index (χ4n) is 9.92. The van der Waals surface area contributed by atoms with Gasteiger partial charge < -0.3 is 13.7 Å². The molecule has 292 valence electrons. The van der Waals surface area contributed by atoms with Gasteiger partial charge in [0.2, 0.25) is 0 Å². The van der Waals surface area contributed by atoms with E-state index in [4.69, 9.17) is 0 Å². The van der Waals surface area contributed by atoms with E-state index in [1.54, 1.807) is 0 Å². The molecule has 0 unspecified atom stereocenters. The SMILES string of the molecule is C=Cc1c(/C=C\C)n(-c2ccccc2)c2c1ccc1c3cc(-c4ccc5c(c4)c4ccccc4n5-c4ccc5ccccc5c4)ccc3n(-c3ccc(-c4ccccc4)cc3)c12. The largest absolute Gasteiger partial charge is 0.309 e. The van der Waals surface area contributed by atoms with E-state index in [9.17, 15) is 0 Å². The lowest BCUT2D eigenvalue weighted by atomic mass is 10.00. The first-order chi connectivity index (χ1) is 30.7. The number of fused-ring (bicyclic) bond motifs is 9. The highest BCUT2D eigenvalue weighted by atomic mass is 15.0. The summed E-state index contributed by atoms with van der Waals surface area (Å²) in [5.74, 6) is 0. The van der Waals surface area contributed by atoms with Crippen molar-refractivity contribution < 1.29 is 0 Å². The number of hydrogen-bond acceptors (Lipinski definition) is 0. The molecule has 0 aliphatic rings. The molecule has 0 amide bonds. The van der Waals surface area contributed by atoms with Crippen LogP contribution < -0.4 is 0 Å². The summed E-state index contributed by atoms with van der Waals surface area (Å²) in [6.07, 6.45) is 6.34. The van der Waals surface area contributed by atoms with E-state index < -0.39 is 0 Å². The van der Waals surface area contributed by atoms with E-state index in [0.717, 1.165) is 39.4 Å². The molecule has 12 aromatic rings. The van der Waals surface area contributed by atoms with Crippen molar-refractivity contribution in [3.63, 3.8) is 0 Å². The zero-order valence-corrected chi connectivity index (χ0v) is 34.3. The van der Waals surface area contributed by atoms with Gasteiger partial charge in [0.05, 0.1) is 33.3 Å². The van der Waals surface area contributed by atoms with Gasteiger partial charge in [0.15, 0.2) is 0 Å². The van der Waals surface area contributed by atoms with Gasteiger partial charge in [-0.25, -0.2) is 0 Å². The highest BCUT2D eigenvalue weighted by Gasteiger charge is 2.23. The number of nitrogens with zero attached hydrogens (tertiary/aromatic N) is 3. The summed E-state index contributed by atoms with van der Waals surface area (Å²) in [5, 5.41) is 8.54. The molecule has 0 aliphatic heterocycles. The normalized spacial score (nSPS) is 12.0. The summed E-state index contributed by atoms with van der Waals surface area (Å²) in [6, 6.07) is 73.1. The number of benzene rings is 9. The fourth-order valence-corrected chi connectivity index (χ4v) is 9.92. The summed E-state index contributed by atoms with van der Waals surface area (Å²) < 4.78 is 7.30. The third-order valence-electron chi connectivity index (χ3n) is 12.7. The molecule has 3 heterocycles. The van der Waals surface area contributed by atoms with Crippen molar-refractivity contribution >= 4 is 77.4 Å². The molecule has 0 atom stereocenters. The first-order valence-electron chi connectivity index (χ1n) is 21.3. The van der Waals surface area contributed by atoms with E-state index in [1.807, 2.05) is 6.08 Å². The van der Waals surface area contributed by atoms with Gasteiger partial charge >= 0.3 is 0 Å². The minimum atomic E-state index is 1.11. The molecule has 0 bridgehead atoms. The molecule has 9 aromatic carbocycles. The Bertz CT molecular complexity index is 3750. The standard InChI is InChI=1S/C59H41N3/c1-3-15-54-48(4-2)50-32-33-51-53-38-44(43-27-34-56-52(37-43)49-22-13-14-23-55(49)60(56)47-31-26-40-18-11-12-19-42(40)36-47)28-35-57(53)62(59(51)58(50)61(54)45-20-9-6-10-21-45)46-29-24-41(25-30-46)39-16-7-5-8-17-39/h3-38H,2H2,1H3/b15-3-. The van der Waals surface area contributed by atoms with E-state index in [0.29, 0.717) is 0 Å². The maximum absolute atomic E-state index is 4.33. The summed E-state index contributed by atoms with van der Waals surface area (Å²) in [4.78, 5) is 0. The Hall–Kier alpha value is -8.14. The number of rotatable bonds is 7. The third kappa shape index (κ3) is 5.45. The Kier molecular flexibility index (Phi) is 8.23. The summed E-state index contributed by atoms with van der Waals surface area (Å²) in [7, 11) is 0. The molecule has 0 fully saturated rings. The van der Waals surface area contributed by atoms with Crippen LogP contribution >= 0.6 is 0 Å². The van der Waals surface area contributed by atoms with Crippen molar-refractivity contribution in [2.75, 3.05) is 0 Å². The molecule has 0 saturated heterocycles. The molecule has 0 aliphatic carbocycles. The number of allylic oxidation sites excluding steroid dienone is 1. The highest BCUT2D eigenvalue weighted by molar-refractivity contribution is 6.20. The van der Waals surface area contributed by atoms with Crippen LogP contribution in [0.25, 0.3) is 117 Å². The van der Waals surface area contributed by atoms with Crippen LogP contribution in [0.2, 0.25) is 0 Å². The quantitative estimate of drug-likeness (QED) is 0.153. The molecular formula is C59H41N3. The molecule has 3 heteroatoms. The molecule has 0 radical (unpaired) electrons. The van der Waals surface area contributed by atoms with Crippen LogP contribution in [0.1, 0.15) is 18.2 Å². The van der Waals surface area contributed by atoms with Gasteiger partial charge in [-0.15, -0.1) is 0 Å². The van der Waals surface area contributed by atoms with Gasteiger partial charge in [-0.05, 0) is 113 Å². The van der Waals surface area contributed by atoms with Crippen LogP contribution in [0, 0.1) is 0 Å².